The molecule has 0 saturated heterocycles. The molecule has 1 heterocycles. The fourth-order valence-corrected chi connectivity index (χ4v) is 3.40. The summed E-state index contributed by atoms with van der Waals surface area (Å²) in [4.78, 5) is 17.0. The van der Waals surface area contributed by atoms with Crippen molar-refractivity contribution in [3.63, 3.8) is 0 Å². The molecule has 30 heavy (non-hydrogen) atoms. The summed E-state index contributed by atoms with van der Waals surface area (Å²) >= 11 is 6.00. The van der Waals surface area contributed by atoms with Crippen LogP contribution in [0.1, 0.15) is 48.1 Å². The Morgan fingerprint density at radius 3 is 2.37 bits per heavy atom. The van der Waals surface area contributed by atoms with Gasteiger partial charge in [0.2, 0.25) is 0 Å². The molecule has 0 aliphatic carbocycles. The lowest BCUT2D eigenvalue weighted by Gasteiger charge is -2.19. The first kappa shape index (κ1) is 20.2. The number of rotatable bonds is 4. The SMILES string of the molecule is CC(C)(C)c1ccc(C(=O)Nc2ccc(Cc3nc4cc(Cl)ccc4o3)cc2)cc1. The average molecular weight is 419 g/mol. The minimum Gasteiger partial charge on any atom is -0.440 e. The Kier molecular flexibility index (Phi) is 5.35. The molecule has 0 fully saturated rings. The van der Waals surface area contributed by atoms with E-state index in [1.54, 1.807) is 12.1 Å². The molecular weight excluding hydrogens is 396 g/mol. The van der Waals surface area contributed by atoms with E-state index in [0.29, 0.717) is 22.9 Å². The van der Waals surface area contributed by atoms with Crippen molar-refractivity contribution in [2.45, 2.75) is 32.6 Å². The molecule has 152 valence electrons. The fourth-order valence-electron chi connectivity index (χ4n) is 3.23. The number of nitrogens with zero attached hydrogens (tertiary/aromatic N) is 1. The molecular formula is C25H23ClN2O2. The predicted octanol–water partition coefficient (Wildman–Crippen LogP) is 6.62. The quantitative estimate of drug-likeness (QED) is 0.405. The normalized spacial score (nSPS) is 11.6. The zero-order valence-electron chi connectivity index (χ0n) is 17.2. The third-order valence-corrected chi connectivity index (χ3v) is 5.21. The Labute approximate surface area is 180 Å². The number of carbonyl (C=O) groups excluding carboxylic acids is 1. The molecule has 0 aliphatic heterocycles. The van der Waals surface area contributed by atoms with E-state index in [1.165, 1.54) is 5.56 Å². The van der Waals surface area contributed by atoms with Crippen LogP contribution in [0.15, 0.2) is 71.1 Å². The molecule has 0 bridgehead atoms. The van der Waals surface area contributed by atoms with Crippen molar-refractivity contribution in [1.29, 1.82) is 0 Å². The minimum absolute atomic E-state index is 0.0613. The average Bonchev–Trinajstić information content (AvgIpc) is 3.10. The second-order valence-corrected chi connectivity index (χ2v) is 8.81. The maximum absolute atomic E-state index is 12.5. The van der Waals surface area contributed by atoms with Gasteiger partial charge in [-0.25, -0.2) is 4.98 Å². The zero-order valence-corrected chi connectivity index (χ0v) is 18.0. The maximum Gasteiger partial charge on any atom is 0.255 e. The van der Waals surface area contributed by atoms with Gasteiger partial charge in [0.15, 0.2) is 11.5 Å². The van der Waals surface area contributed by atoms with Crippen molar-refractivity contribution in [2.24, 2.45) is 0 Å². The second kappa shape index (κ2) is 7.96. The van der Waals surface area contributed by atoms with E-state index in [2.05, 4.69) is 31.1 Å². The molecule has 0 aliphatic rings. The first-order chi connectivity index (χ1) is 14.3. The van der Waals surface area contributed by atoms with Gasteiger partial charge in [0, 0.05) is 22.7 Å². The standard InChI is InChI=1S/C25H23ClN2O2/c1-25(2,3)18-8-6-17(7-9-18)24(29)27-20-11-4-16(5-12-20)14-23-28-21-15-19(26)10-13-22(21)30-23/h4-13,15H,14H2,1-3H3,(H,27,29). The number of fused-ring (bicyclic) bond motifs is 1. The molecule has 0 atom stereocenters. The van der Waals surface area contributed by atoms with E-state index in [0.717, 1.165) is 22.4 Å². The van der Waals surface area contributed by atoms with Gasteiger partial charge in [0.05, 0.1) is 0 Å². The first-order valence-corrected chi connectivity index (χ1v) is 10.2. The summed E-state index contributed by atoms with van der Waals surface area (Å²) in [6, 6.07) is 20.8. The van der Waals surface area contributed by atoms with Crippen LogP contribution in [0.25, 0.3) is 11.1 Å². The Morgan fingerprint density at radius 2 is 1.70 bits per heavy atom. The Balaban J connectivity index is 1.42. The Morgan fingerprint density at radius 1 is 1.00 bits per heavy atom. The number of carbonyl (C=O) groups is 1. The second-order valence-electron chi connectivity index (χ2n) is 8.37. The first-order valence-electron chi connectivity index (χ1n) is 9.84. The smallest absolute Gasteiger partial charge is 0.255 e. The number of hydrogen-bond donors (Lipinski definition) is 1. The van der Waals surface area contributed by atoms with Gasteiger partial charge in [0.1, 0.15) is 5.52 Å². The molecule has 0 spiro atoms. The molecule has 0 radical (unpaired) electrons. The molecule has 4 aromatic rings. The van der Waals surface area contributed by atoms with Crippen molar-refractivity contribution in [1.82, 2.24) is 4.98 Å². The topological polar surface area (TPSA) is 55.1 Å². The van der Waals surface area contributed by atoms with Gasteiger partial charge < -0.3 is 9.73 Å². The van der Waals surface area contributed by atoms with Gasteiger partial charge >= 0.3 is 0 Å². The van der Waals surface area contributed by atoms with Crippen molar-refractivity contribution < 1.29 is 9.21 Å². The van der Waals surface area contributed by atoms with E-state index < -0.39 is 0 Å². The van der Waals surface area contributed by atoms with E-state index in [1.807, 2.05) is 54.6 Å². The summed E-state index contributed by atoms with van der Waals surface area (Å²) < 4.78 is 5.77. The maximum atomic E-state index is 12.5. The van der Waals surface area contributed by atoms with Crippen molar-refractivity contribution >= 4 is 34.3 Å². The van der Waals surface area contributed by atoms with E-state index in [4.69, 9.17) is 16.0 Å². The van der Waals surface area contributed by atoms with Gasteiger partial charge in [-0.05, 0) is 59.0 Å². The Hall–Kier alpha value is -3.11. The van der Waals surface area contributed by atoms with Gasteiger partial charge in [-0.2, -0.15) is 0 Å². The lowest BCUT2D eigenvalue weighted by molar-refractivity contribution is 0.102. The summed E-state index contributed by atoms with van der Waals surface area (Å²) in [5.41, 5.74) is 5.15. The number of aromatic nitrogens is 1. The third-order valence-electron chi connectivity index (χ3n) is 4.97. The molecule has 4 rings (SSSR count). The lowest BCUT2D eigenvalue weighted by Crippen LogP contribution is -2.14. The molecule has 3 aromatic carbocycles. The summed E-state index contributed by atoms with van der Waals surface area (Å²) in [6.45, 7) is 6.46. The number of hydrogen-bond acceptors (Lipinski definition) is 3. The number of anilines is 1. The summed E-state index contributed by atoms with van der Waals surface area (Å²) in [6.07, 6.45) is 0.564. The fraction of sp³-hybridized carbons (Fsp3) is 0.200. The highest BCUT2D eigenvalue weighted by Gasteiger charge is 2.14. The van der Waals surface area contributed by atoms with E-state index >= 15 is 0 Å². The van der Waals surface area contributed by atoms with Crippen LogP contribution in [0.4, 0.5) is 5.69 Å². The highest BCUT2D eigenvalue weighted by molar-refractivity contribution is 6.31. The van der Waals surface area contributed by atoms with E-state index in [9.17, 15) is 4.79 Å². The third kappa shape index (κ3) is 4.55. The molecule has 1 amide bonds. The van der Waals surface area contributed by atoms with Crippen LogP contribution in [0, 0.1) is 0 Å². The molecule has 5 heteroatoms. The molecule has 4 nitrogen and oxygen atoms in total. The minimum atomic E-state index is -0.126. The van der Waals surface area contributed by atoms with Crippen molar-refractivity contribution in [3.05, 3.63) is 94.3 Å². The number of nitrogens with one attached hydrogen (secondary N) is 1. The van der Waals surface area contributed by atoms with Crippen LogP contribution >= 0.6 is 11.6 Å². The summed E-state index contributed by atoms with van der Waals surface area (Å²) in [5, 5.41) is 3.58. The van der Waals surface area contributed by atoms with Crippen LogP contribution < -0.4 is 5.32 Å². The van der Waals surface area contributed by atoms with Gasteiger partial charge in [-0.3, -0.25) is 4.79 Å². The highest BCUT2D eigenvalue weighted by atomic mass is 35.5. The molecule has 0 unspecified atom stereocenters. The number of benzene rings is 3. The Bertz CT molecular complexity index is 1190. The van der Waals surface area contributed by atoms with Gasteiger partial charge in [-0.1, -0.05) is 56.6 Å². The van der Waals surface area contributed by atoms with Crippen LogP contribution in [0.5, 0.6) is 0 Å². The molecule has 1 N–H and O–H groups in total. The van der Waals surface area contributed by atoms with Crippen molar-refractivity contribution in [3.8, 4) is 0 Å². The monoisotopic (exact) mass is 418 g/mol. The summed E-state index contributed by atoms with van der Waals surface area (Å²) in [7, 11) is 0. The van der Waals surface area contributed by atoms with Crippen LogP contribution in [0.3, 0.4) is 0 Å². The number of amides is 1. The largest absolute Gasteiger partial charge is 0.440 e. The molecule has 1 aromatic heterocycles. The summed E-state index contributed by atoms with van der Waals surface area (Å²) in [5.74, 6) is 0.502. The van der Waals surface area contributed by atoms with Crippen LogP contribution in [0.2, 0.25) is 5.02 Å². The predicted molar refractivity (Wildman–Crippen MR) is 121 cm³/mol. The lowest BCUT2D eigenvalue weighted by atomic mass is 9.87. The van der Waals surface area contributed by atoms with Crippen LogP contribution in [-0.4, -0.2) is 10.9 Å². The zero-order chi connectivity index (χ0) is 21.3. The van der Waals surface area contributed by atoms with Gasteiger partial charge in [0.25, 0.3) is 5.91 Å². The van der Waals surface area contributed by atoms with Crippen molar-refractivity contribution in [2.75, 3.05) is 5.32 Å². The van der Waals surface area contributed by atoms with E-state index in [-0.39, 0.29) is 11.3 Å². The van der Waals surface area contributed by atoms with Crippen LogP contribution in [-0.2, 0) is 11.8 Å². The number of oxazole rings is 1. The molecule has 0 saturated carbocycles. The highest BCUT2D eigenvalue weighted by Crippen LogP contribution is 2.23. The number of halogens is 1. The van der Waals surface area contributed by atoms with Gasteiger partial charge in [-0.15, -0.1) is 0 Å².